The molecule has 25 heavy (non-hydrogen) atoms. The summed E-state index contributed by atoms with van der Waals surface area (Å²) in [6, 6.07) is 12.2. The fraction of sp³-hybridized carbons (Fsp3) is 0.286. The normalized spacial score (nSPS) is 17.1. The lowest BCUT2D eigenvalue weighted by Crippen LogP contribution is -2.30. The van der Waals surface area contributed by atoms with Crippen molar-refractivity contribution >= 4 is 16.7 Å². The molecule has 0 saturated carbocycles. The molecule has 0 spiro atoms. The van der Waals surface area contributed by atoms with Crippen LogP contribution in [0.25, 0.3) is 10.8 Å². The standard InChI is InChI=1S/C21H21N3O/c25-21(13-19-3-1-2-18-6-10-23-14-20(18)19)24-11-7-17(15-24)12-16-4-8-22-9-5-16/h1-6,8-10,14,17H,7,11-13,15H2. The molecule has 3 heterocycles. The molecule has 0 bridgehead atoms. The van der Waals surface area contributed by atoms with Crippen molar-refractivity contribution in [3.8, 4) is 0 Å². The van der Waals surface area contributed by atoms with Crippen molar-refractivity contribution < 1.29 is 4.79 Å². The molecule has 1 aromatic carbocycles. The molecule has 1 fully saturated rings. The number of amides is 1. The third-order valence-corrected chi connectivity index (χ3v) is 5.03. The molecule has 126 valence electrons. The number of carbonyl (C=O) groups is 1. The van der Waals surface area contributed by atoms with Crippen LogP contribution in [0.4, 0.5) is 0 Å². The number of rotatable bonds is 4. The van der Waals surface area contributed by atoms with E-state index in [9.17, 15) is 4.79 Å². The number of pyridine rings is 2. The maximum absolute atomic E-state index is 12.8. The van der Waals surface area contributed by atoms with Crippen molar-refractivity contribution in [2.24, 2.45) is 5.92 Å². The van der Waals surface area contributed by atoms with Gasteiger partial charge in [0.1, 0.15) is 0 Å². The number of carbonyl (C=O) groups excluding carboxylic acids is 1. The first-order valence-electron chi connectivity index (χ1n) is 8.78. The summed E-state index contributed by atoms with van der Waals surface area (Å²) in [5, 5.41) is 2.21. The lowest BCUT2D eigenvalue weighted by atomic mass is 9.99. The summed E-state index contributed by atoms with van der Waals surface area (Å²) >= 11 is 0. The summed E-state index contributed by atoms with van der Waals surface area (Å²) in [5.74, 6) is 0.758. The quantitative estimate of drug-likeness (QED) is 0.737. The van der Waals surface area contributed by atoms with Gasteiger partial charge in [-0.05, 0) is 53.5 Å². The fourth-order valence-electron chi connectivity index (χ4n) is 3.68. The monoisotopic (exact) mass is 331 g/mol. The zero-order chi connectivity index (χ0) is 17.1. The molecular formula is C21H21N3O. The highest BCUT2D eigenvalue weighted by atomic mass is 16.2. The summed E-state index contributed by atoms with van der Waals surface area (Å²) in [7, 11) is 0. The SMILES string of the molecule is O=C(Cc1cccc2ccncc12)N1CCC(Cc2ccncc2)C1. The summed E-state index contributed by atoms with van der Waals surface area (Å²) in [6.07, 6.45) is 9.86. The van der Waals surface area contributed by atoms with E-state index in [0.717, 1.165) is 42.3 Å². The van der Waals surface area contributed by atoms with E-state index in [4.69, 9.17) is 0 Å². The summed E-state index contributed by atoms with van der Waals surface area (Å²) in [6.45, 7) is 1.71. The second-order valence-electron chi connectivity index (χ2n) is 6.74. The Hall–Kier alpha value is -2.75. The van der Waals surface area contributed by atoms with Gasteiger partial charge in [-0.15, -0.1) is 0 Å². The Morgan fingerprint density at radius 3 is 2.80 bits per heavy atom. The van der Waals surface area contributed by atoms with Crippen LogP contribution in [0.2, 0.25) is 0 Å². The van der Waals surface area contributed by atoms with E-state index in [2.05, 4.69) is 28.2 Å². The first-order chi connectivity index (χ1) is 12.3. The largest absolute Gasteiger partial charge is 0.342 e. The van der Waals surface area contributed by atoms with Crippen LogP contribution in [0.1, 0.15) is 17.5 Å². The third kappa shape index (κ3) is 3.53. The lowest BCUT2D eigenvalue weighted by Gasteiger charge is -2.17. The second kappa shape index (κ2) is 7.01. The average Bonchev–Trinajstić information content (AvgIpc) is 3.11. The predicted octanol–water partition coefficient (Wildman–Crippen LogP) is 3.26. The van der Waals surface area contributed by atoms with Crippen molar-refractivity contribution in [2.75, 3.05) is 13.1 Å². The molecule has 4 heteroatoms. The number of hydrogen-bond acceptors (Lipinski definition) is 3. The minimum absolute atomic E-state index is 0.216. The van der Waals surface area contributed by atoms with Crippen LogP contribution < -0.4 is 0 Å². The molecular weight excluding hydrogens is 310 g/mol. The Kier molecular flexibility index (Phi) is 4.42. The number of fused-ring (bicyclic) bond motifs is 1. The van der Waals surface area contributed by atoms with E-state index in [1.165, 1.54) is 5.56 Å². The first-order valence-corrected chi connectivity index (χ1v) is 8.78. The van der Waals surface area contributed by atoms with Crippen molar-refractivity contribution in [3.05, 3.63) is 72.3 Å². The van der Waals surface area contributed by atoms with Gasteiger partial charge in [-0.1, -0.05) is 18.2 Å². The minimum Gasteiger partial charge on any atom is -0.342 e. The molecule has 1 amide bonds. The van der Waals surface area contributed by atoms with Crippen LogP contribution in [0, 0.1) is 5.92 Å². The van der Waals surface area contributed by atoms with Crippen LogP contribution in [0.15, 0.2) is 61.2 Å². The Labute approximate surface area is 147 Å². The van der Waals surface area contributed by atoms with Crippen LogP contribution in [0.5, 0.6) is 0 Å². The second-order valence-corrected chi connectivity index (χ2v) is 6.74. The Morgan fingerprint density at radius 1 is 1.08 bits per heavy atom. The number of benzene rings is 1. The summed E-state index contributed by atoms with van der Waals surface area (Å²) in [4.78, 5) is 23.0. The molecule has 2 aromatic heterocycles. The molecule has 0 aliphatic carbocycles. The maximum Gasteiger partial charge on any atom is 0.227 e. The number of nitrogens with zero attached hydrogens (tertiary/aromatic N) is 3. The van der Waals surface area contributed by atoms with Crippen LogP contribution in [-0.4, -0.2) is 33.9 Å². The summed E-state index contributed by atoms with van der Waals surface area (Å²) < 4.78 is 0. The van der Waals surface area contributed by atoms with E-state index in [-0.39, 0.29) is 5.91 Å². The smallest absolute Gasteiger partial charge is 0.227 e. The molecule has 1 unspecified atom stereocenters. The van der Waals surface area contributed by atoms with E-state index in [1.54, 1.807) is 6.20 Å². The predicted molar refractivity (Wildman–Crippen MR) is 98.1 cm³/mol. The Bertz CT molecular complexity index is 873. The molecule has 0 N–H and O–H groups in total. The lowest BCUT2D eigenvalue weighted by molar-refractivity contribution is -0.129. The highest BCUT2D eigenvalue weighted by molar-refractivity contribution is 5.89. The van der Waals surface area contributed by atoms with Crippen molar-refractivity contribution in [3.63, 3.8) is 0 Å². The molecule has 1 aliphatic rings. The highest BCUT2D eigenvalue weighted by Crippen LogP contribution is 2.23. The zero-order valence-corrected chi connectivity index (χ0v) is 14.1. The van der Waals surface area contributed by atoms with Crippen molar-refractivity contribution in [1.82, 2.24) is 14.9 Å². The van der Waals surface area contributed by atoms with Gasteiger partial charge >= 0.3 is 0 Å². The van der Waals surface area contributed by atoms with E-state index in [0.29, 0.717) is 12.3 Å². The van der Waals surface area contributed by atoms with Gasteiger partial charge in [0.15, 0.2) is 0 Å². The highest BCUT2D eigenvalue weighted by Gasteiger charge is 2.26. The van der Waals surface area contributed by atoms with Gasteiger partial charge in [0, 0.05) is 43.3 Å². The van der Waals surface area contributed by atoms with E-state index >= 15 is 0 Å². The van der Waals surface area contributed by atoms with E-state index < -0.39 is 0 Å². The van der Waals surface area contributed by atoms with Crippen molar-refractivity contribution in [1.29, 1.82) is 0 Å². The topological polar surface area (TPSA) is 46.1 Å². The molecule has 4 rings (SSSR count). The molecule has 1 atom stereocenters. The van der Waals surface area contributed by atoms with Gasteiger partial charge in [0.25, 0.3) is 0 Å². The van der Waals surface area contributed by atoms with Crippen LogP contribution in [-0.2, 0) is 17.6 Å². The van der Waals surface area contributed by atoms with Crippen LogP contribution in [0.3, 0.4) is 0 Å². The number of aromatic nitrogens is 2. The van der Waals surface area contributed by atoms with Gasteiger partial charge < -0.3 is 4.90 Å². The molecule has 4 nitrogen and oxygen atoms in total. The number of hydrogen-bond donors (Lipinski definition) is 0. The summed E-state index contributed by atoms with van der Waals surface area (Å²) in [5.41, 5.74) is 2.36. The fourth-order valence-corrected chi connectivity index (χ4v) is 3.68. The molecule has 3 aromatic rings. The molecule has 0 radical (unpaired) electrons. The van der Waals surface area contributed by atoms with E-state index in [1.807, 2.05) is 41.7 Å². The molecule has 1 aliphatic heterocycles. The van der Waals surface area contributed by atoms with Crippen LogP contribution >= 0.6 is 0 Å². The third-order valence-electron chi connectivity index (χ3n) is 5.03. The minimum atomic E-state index is 0.216. The van der Waals surface area contributed by atoms with Crippen molar-refractivity contribution in [2.45, 2.75) is 19.3 Å². The van der Waals surface area contributed by atoms with Gasteiger partial charge in [-0.25, -0.2) is 0 Å². The first kappa shape index (κ1) is 15.8. The Morgan fingerprint density at radius 2 is 1.92 bits per heavy atom. The van der Waals surface area contributed by atoms with Gasteiger partial charge in [0.05, 0.1) is 6.42 Å². The zero-order valence-electron chi connectivity index (χ0n) is 14.1. The van der Waals surface area contributed by atoms with Gasteiger partial charge in [-0.3, -0.25) is 14.8 Å². The Balaban J connectivity index is 1.42. The van der Waals surface area contributed by atoms with Gasteiger partial charge in [0.2, 0.25) is 5.91 Å². The average molecular weight is 331 g/mol. The molecule has 1 saturated heterocycles. The number of likely N-dealkylation sites (tertiary alicyclic amines) is 1. The maximum atomic E-state index is 12.8. The van der Waals surface area contributed by atoms with Gasteiger partial charge in [-0.2, -0.15) is 0 Å².